The lowest BCUT2D eigenvalue weighted by atomic mass is 9.93. The van der Waals surface area contributed by atoms with Crippen molar-refractivity contribution in [3.05, 3.63) is 53.4 Å². The summed E-state index contributed by atoms with van der Waals surface area (Å²) in [7, 11) is -3.50. The number of pyridine rings is 1. The molecule has 0 unspecified atom stereocenters. The molecule has 2 aliphatic carbocycles. The van der Waals surface area contributed by atoms with Crippen molar-refractivity contribution in [1.29, 1.82) is 0 Å². The largest absolute Gasteiger partial charge is 0.371 e. The fraction of sp³-hybridized carbons (Fsp3) is 0.552. The van der Waals surface area contributed by atoms with E-state index in [0.717, 1.165) is 63.4 Å². The molecule has 0 radical (unpaired) electrons. The third-order valence-corrected chi connectivity index (χ3v) is 11.4. The molecule has 1 amide bonds. The first-order valence-electron chi connectivity index (χ1n) is 14.0. The second-order valence-electron chi connectivity index (χ2n) is 12.0. The number of anilines is 4. The molecule has 1 aromatic heterocycles. The molecular formula is C29H36N6O3S. The molecule has 4 fully saturated rings. The highest BCUT2D eigenvalue weighted by Gasteiger charge is 2.50. The molecule has 1 aromatic carbocycles. The van der Waals surface area contributed by atoms with Gasteiger partial charge in [-0.3, -0.25) is 9.52 Å². The van der Waals surface area contributed by atoms with E-state index in [4.69, 9.17) is 11.6 Å². The molecule has 206 valence electrons. The Labute approximate surface area is 230 Å². The van der Waals surface area contributed by atoms with Crippen LogP contribution in [0.5, 0.6) is 0 Å². The monoisotopic (exact) mass is 548 g/mol. The van der Waals surface area contributed by atoms with Gasteiger partial charge in [-0.2, -0.15) is 0 Å². The first kappa shape index (κ1) is 25.9. The van der Waals surface area contributed by atoms with Crippen molar-refractivity contribution in [2.45, 2.75) is 69.1 Å². The van der Waals surface area contributed by atoms with E-state index in [1.165, 1.54) is 12.8 Å². The van der Waals surface area contributed by atoms with Crippen molar-refractivity contribution in [2.24, 2.45) is 5.41 Å². The topological polar surface area (TPSA) is 99.0 Å². The minimum Gasteiger partial charge on any atom is -0.371 e. The molecule has 2 N–H and O–H groups in total. The zero-order chi connectivity index (χ0) is 27.3. The third kappa shape index (κ3) is 5.29. The van der Waals surface area contributed by atoms with Crippen LogP contribution in [0.1, 0.15) is 68.6 Å². The van der Waals surface area contributed by atoms with Crippen LogP contribution in [0.25, 0.3) is 4.85 Å². The fourth-order valence-corrected chi connectivity index (χ4v) is 7.07. The van der Waals surface area contributed by atoms with Crippen molar-refractivity contribution in [3.63, 3.8) is 0 Å². The van der Waals surface area contributed by atoms with Gasteiger partial charge in [0.1, 0.15) is 11.6 Å². The molecule has 0 bridgehead atoms. The number of rotatable bonds is 7. The van der Waals surface area contributed by atoms with Crippen molar-refractivity contribution >= 4 is 38.9 Å². The Morgan fingerprint density at radius 3 is 2.36 bits per heavy atom. The van der Waals surface area contributed by atoms with Crippen LogP contribution in [0.15, 0.2) is 36.4 Å². The molecule has 2 aliphatic heterocycles. The molecule has 6 rings (SSSR count). The zero-order valence-electron chi connectivity index (χ0n) is 22.4. The number of carbonyl (C=O) groups is 1. The molecule has 2 aromatic rings. The van der Waals surface area contributed by atoms with E-state index in [9.17, 15) is 13.2 Å². The lowest BCUT2D eigenvalue weighted by Gasteiger charge is -2.35. The van der Waals surface area contributed by atoms with Crippen molar-refractivity contribution in [2.75, 3.05) is 46.0 Å². The average Bonchev–Trinajstić information content (AvgIpc) is 3.88. The minimum absolute atomic E-state index is 0.0757. The maximum atomic E-state index is 13.6. The molecule has 9 nitrogen and oxygen atoms in total. The summed E-state index contributed by atoms with van der Waals surface area (Å²) in [5.41, 5.74) is 2.23. The molecule has 4 aliphatic rings. The Balaban J connectivity index is 1.23. The molecule has 0 atom stereocenters. The number of nitrogens with one attached hydrogen (secondary N) is 2. The normalized spacial score (nSPS) is 21.7. The van der Waals surface area contributed by atoms with Gasteiger partial charge < -0.3 is 20.0 Å². The van der Waals surface area contributed by atoms with Crippen molar-refractivity contribution < 1.29 is 13.2 Å². The third-order valence-electron chi connectivity index (χ3n) is 9.17. The van der Waals surface area contributed by atoms with Crippen LogP contribution in [0.2, 0.25) is 0 Å². The van der Waals surface area contributed by atoms with Gasteiger partial charge in [-0.15, -0.1) is 0 Å². The molecule has 2 saturated heterocycles. The van der Waals surface area contributed by atoms with E-state index in [0.29, 0.717) is 35.3 Å². The van der Waals surface area contributed by atoms with Gasteiger partial charge in [0.2, 0.25) is 16.1 Å². The first-order chi connectivity index (χ1) is 18.7. The Kier molecular flexibility index (Phi) is 6.45. The van der Waals surface area contributed by atoms with Crippen molar-refractivity contribution in [1.82, 2.24) is 4.98 Å². The Bertz CT molecular complexity index is 1410. The molecule has 1 spiro atoms. The first-order valence-corrected chi connectivity index (χ1v) is 15.5. The van der Waals surface area contributed by atoms with Gasteiger partial charge >= 0.3 is 0 Å². The SMILES string of the molecule is [C-]#[N+]C1CCN(c2cccc(NC(=O)c3ccc(NS(=O)(=O)C4(C)CC4)cc3N3CCC4(CC3)CC4)n2)CC1. The summed E-state index contributed by atoms with van der Waals surface area (Å²) < 4.78 is 27.8. The predicted octanol–water partition coefficient (Wildman–Crippen LogP) is 4.90. The van der Waals surface area contributed by atoms with Gasteiger partial charge in [0.25, 0.3) is 5.91 Å². The summed E-state index contributed by atoms with van der Waals surface area (Å²) in [5.74, 6) is 0.995. The maximum absolute atomic E-state index is 13.6. The molecular weight excluding hydrogens is 512 g/mol. The van der Waals surface area contributed by atoms with E-state index in [1.54, 1.807) is 25.1 Å². The van der Waals surface area contributed by atoms with Crippen LogP contribution in [0, 0.1) is 12.0 Å². The van der Waals surface area contributed by atoms with Gasteiger partial charge in [-0.1, -0.05) is 6.07 Å². The van der Waals surface area contributed by atoms with Crippen LogP contribution < -0.4 is 19.8 Å². The van der Waals surface area contributed by atoms with E-state index < -0.39 is 14.8 Å². The van der Waals surface area contributed by atoms with E-state index >= 15 is 0 Å². The summed E-state index contributed by atoms with van der Waals surface area (Å²) in [6.45, 7) is 12.3. The minimum atomic E-state index is -3.50. The van der Waals surface area contributed by atoms with Gasteiger partial charge in [0.15, 0.2) is 0 Å². The number of benzene rings is 1. The number of aromatic nitrogens is 1. The summed E-state index contributed by atoms with van der Waals surface area (Å²) in [6, 6.07) is 10.9. The fourth-order valence-electron chi connectivity index (χ4n) is 5.75. The van der Waals surface area contributed by atoms with E-state index in [-0.39, 0.29) is 11.9 Å². The van der Waals surface area contributed by atoms with Crippen molar-refractivity contribution in [3.8, 4) is 0 Å². The predicted molar refractivity (Wildman–Crippen MR) is 154 cm³/mol. The number of carbonyl (C=O) groups excluding carboxylic acids is 1. The summed E-state index contributed by atoms with van der Waals surface area (Å²) in [5, 5.41) is 2.98. The number of amides is 1. The van der Waals surface area contributed by atoms with E-state index in [1.807, 2.05) is 18.2 Å². The molecule has 10 heteroatoms. The summed E-state index contributed by atoms with van der Waals surface area (Å²) >= 11 is 0. The zero-order valence-corrected chi connectivity index (χ0v) is 23.3. The molecule has 2 saturated carbocycles. The van der Waals surface area contributed by atoms with Crippen LogP contribution in [-0.4, -0.2) is 56.3 Å². The number of hydrogen-bond acceptors (Lipinski definition) is 6. The van der Waals surface area contributed by atoms with Crippen LogP contribution in [-0.2, 0) is 10.0 Å². The van der Waals surface area contributed by atoms with Crippen LogP contribution in [0.4, 0.5) is 23.0 Å². The van der Waals surface area contributed by atoms with Crippen LogP contribution in [0.3, 0.4) is 0 Å². The highest BCUT2D eigenvalue weighted by atomic mass is 32.2. The average molecular weight is 549 g/mol. The number of hydrogen-bond donors (Lipinski definition) is 2. The standard InChI is InChI=1S/C29H36N6O3S/c1-28(10-11-28)39(37,38)33-22-6-7-23(24(20-22)34-18-14-29(12-13-29)15-19-34)27(36)32-25-4-3-5-26(31-25)35-16-8-21(30-2)9-17-35/h3-7,20-21,33H,8-19H2,1H3,(H,31,32,36). The second-order valence-corrected chi connectivity index (χ2v) is 14.2. The Morgan fingerprint density at radius 1 is 1.00 bits per heavy atom. The summed E-state index contributed by atoms with van der Waals surface area (Å²) in [4.78, 5) is 26.3. The number of nitrogens with zero attached hydrogens (tertiary/aromatic N) is 4. The second kappa shape index (κ2) is 9.70. The lowest BCUT2D eigenvalue weighted by molar-refractivity contribution is 0.102. The van der Waals surface area contributed by atoms with Gasteiger partial charge in [-0.25, -0.2) is 20.0 Å². The molecule has 3 heterocycles. The summed E-state index contributed by atoms with van der Waals surface area (Å²) in [6.07, 6.45) is 7.70. The Morgan fingerprint density at radius 2 is 1.72 bits per heavy atom. The number of piperidine rings is 2. The van der Waals surface area contributed by atoms with Gasteiger partial charge in [-0.05, 0) is 81.2 Å². The van der Waals surface area contributed by atoms with Gasteiger partial charge in [0, 0.05) is 39.0 Å². The lowest BCUT2D eigenvalue weighted by Crippen LogP contribution is -2.36. The van der Waals surface area contributed by atoms with Crippen LogP contribution >= 0.6 is 0 Å². The van der Waals surface area contributed by atoms with E-state index in [2.05, 4.69) is 24.7 Å². The van der Waals surface area contributed by atoms with Gasteiger partial charge in [0.05, 0.1) is 21.7 Å². The number of sulfonamides is 1. The smallest absolute Gasteiger partial charge is 0.258 e. The Hall–Kier alpha value is -3.32. The molecule has 39 heavy (non-hydrogen) atoms. The quantitative estimate of drug-likeness (QED) is 0.478. The highest BCUT2D eigenvalue weighted by molar-refractivity contribution is 7.94. The highest BCUT2D eigenvalue weighted by Crippen LogP contribution is 2.54. The maximum Gasteiger partial charge on any atom is 0.258 e.